The molecule has 1 aromatic rings. The highest BCUT2D eigenvalue weighted by atomic mass is 32.1. The van der Waals surface area contributed by atoms with Crippen LogP contribution in [-0.2, 0) is 5.41 Å². The summed E-state index contributed by atoms with van der Waals surface area (Å²) in [7, 11) is 0. The molecule has 0 bridgehead atoms. The molecule has 0 atom stereocenters. The Balaban J connectivity index is 2.27. The van der Waals surface area contributed by atoms with E-state index in [1.165, 1.54) is 11.5 Å². The summed E-state index contributed by atoms with van der Waals surface area (Å²) in [4.78, 5) is 0. The van der Waals surface area contributed by atoms with Gasteiger partial charge in [-0.25, -0.2) is 0 Å². The zero-order chi connectivity index (χ0) is 7.03. The summed E-state index contributed by atoms with van der Waals surface area (Å²) in [6, 6.07) is 0. The fraction of sp³-hybridized carbons (Fsp3) is 0.800. The van der Waals surface area contributed by atoms with Crippen molar-refractivity contribution < 1.29 is 5.11 Å². The molecule has 1 aliphatic rings. The summed E-state index contributed by atoms with van der Waals surface area (Å²) in [5, 5.41) is 17.1. The second kappa shape index (κ2) is 1.96. The van der Waals surface area contributed by atoms with E-state index in [2.05, 4.69) is 14.8 Å². The van der Waals surface area contributed by atoms with Gasteiger partial charge in [0.1, 0.15) is 5.01 Å². The Hall–Kier alpha value is -0.550. The highest BCUT2D eigenvalue weighted by molar-refractivity contribution is 7.05. The topological polar surface area (TPSA) is 58.9 Å². The molecule has 0 amide bonds. The van der Waals surface area contributed by atoms with Crippen LogP contribution in [-0.4, -0.2) is 26.5 Å². The minimum absolute atomic E-state index is 0.0475. The molecule has 1 heterocycles. The van der Waals surface area contributed by atoms with E-state index in [1.807, 2.05) is 0 Å². The average Bonchev–Trinajstić information content (AvgIpc) is 2.58. The molecule has 5 heteroatoms. The molecule has 0 spiro atoms. The van der Waals surface area contributed by atoms with Gasteiger partial charge in [0.2, 0.25) is 0 Å². The lowest BCUT2D eigenvalue weighted by atomic mass is 10.1. The Kier molecular flexibility index (Phi) is 1.21. The smallest absolute Gasteiger partial charge is 0.146 e. The van der Waals surface area contributed by atoms with E-state index in [-0.39, 0.29) is 12.0 Å². The number of aliphatic hydroxyl groups is 1. The van der Waals surface area contributed by atoms with Gasteiger partial charge in [0.25, 0.3) is 0 Å². The van der Waals surface area contributed by atoms with Crippen LogP contribution in [0.5, 0.6) is 0 Å². The molecule has 0 unspecified atom stereocenters. The van der Waals surface area contributed by atoms with Gasteiger partial charge < -0.3 is 5.11 Å². The van der Waals surface area contributed by atoms with Crippen molar-refractivity contribution in [3.8, 4) is 0 Å². The van der Waals surface area contributed by atoms with Crippen LogP contribution >= 0.6 is 11.5 Å². The first-order valence-corrected chi connectivity index (χ1v) is 3.91. The lowest BCUT2D eigenvalue weighted by molar-refractivity contribution is 0.254. The Bertz CT molecular complexity index is 219. The monoisotopic (exact) mass is 157 g/mol. The summed E-state index contributed by atoms with van der Waals surface area (Å²) < 4.78 is 3.65. The van der Waals surface area contributed by atoms with Gasteiger partial charge in [0.05, 0.1) is 6.61 Å². The Morgan fingerprint density at radius 3 is 2.80 bits per heavy atom. The Morgan fingerprint density at radius 2 is 2.40 bits per heavy atom. The lowest BCUT2D eigenvalue weighted by Crippen LogP contribution is -2.11. The first kappa shape index (κ1) is 6.18. The molecule has 1 fully saturated rings. The van der Waals surface area contributed by atoms with Gasteiger partial charge in [-0.1, -0.05) is 4.49 Å². The van der Waals surface area contributed by atoms with E-state index in [0.29, 0.717) is 0 Å². The van der Waals surface area contributed by atoms with Crippen molar-refractivity contribution in [3.63, 3.8) is 0 Å². The first-order chi connectivity index (χ1) is 4.87. The van der Waals surface area contributed by atoms with Gasteiger partial charge in [-0.3, -0.25) is 0 Å². The van der Waals surface area contributed by atoms with Crippen LogP contribution in [0.3, 0.4) is 0 Å². The number of nitrogens with zero attached hydrogens (tertiary/aromatic N) is 3. The molecule has 0 aromatic carbocycles. The largest absolute Gasteiger partial charge is 0.395 e. The Morgan fingerprint density at radius 1 is 1.60 bits per heavy atom. The standard InChI is InChI=1S/C5H7N3OS/c9-3-5(1-2-5)4-6-7-8-10-4/h9H,1-3H2. The highest BCUT2D eigenvalue weighted by Crippen LogP contribution is 2.47. The normalized spacial score (nSPS) is 20.9. The quantitative estimate of drug-likeness (QED) is 0.654. The molecule has 4 nitrogen and oxygen atoms in total. The van der Waals surface area contributed by atoms with Crippen LogP contribution in [0.4, 0.5) is 0 Å². The zero-order valence-corrected chi connectivity index (χ0v) is 6.13. The lowest BCUT2D eigenvalue weighted by Gasteiger charge is -2.02. The van der Waals surface area contributed by atoms with Crippen molar-refractivity contribution in [1.29, 1.82) is 0 Å². The maximum absolute atomic E-state index is 8.94. The van der Waals surface area contributed by atoms with E-state index >= 15 is 0 Å². The van der Waals surface area contributed by atoms with Gasteiger partial charge in [0, 0.05) is 16.9 Å². The molecule has 1 aliphatic carbocycles. The highest BCUT2D eigenvalue weighted by Gasteiger charge is 2.47. The average molecular weight is 157 g/mol. The summed E-state index contributed by atoms with van der Waals surface area (Å²) >= 11 is 1.28. The van der Waals surface area contributed by atoms with Gasteiger partial charge in [0.15, 0.2) is 0 Å². The Labute approximate surface area is 62.1 Å². The molecule has 1 aromatic heterocycles. The SMILES string of the molecule is OCC1(c2nnns2)CC1. The third-order valence-corrected chi connectivity index (χ3v) is 2.75. The van der Waals surface area contributed by atoms with Crippen LogP contribution in [0.15, 0.2) is 0 Å². The van der Waals surface area contributed by atoms with Gasteiger partial charge in [-0.2, -0.15) is 0 Å². The maximum atomic E-state index is 8.94. The predicted molar refractivity (Wildman–Crippen MR) is 35.7 cm³/mol. The van der Waals surface area contributed by atoms with Crippen molar-refractivity contribution >= 4 is 11.5 Å². The molecular formula is C5H7N3OS. The van der Waals surface area contributed by atoms with Crippen LogP contribution in [0.1, 0.15) is 17.8 Å². The van der Waals surface area contributed by atoms with Gasteiger partial charge >= 0.3 is 0 Å². The number of hydrogen-bond acceptors (Lipinski definition) is 5. The number of hydrogen-bond donors (Lipinski definition) is 1. The van der Waals surface area contributed by atoms with E-state index in [0.717, 1.165) is 17.8 Å². The summed E-state index contributed by atoms with van der Waals surface area (Å²) in [6.45, 7) is 0.184. The van der Waals surface area contributed by atoms with Crippen LogP contribution in [0, 0.1) is 0 Å². The molecule has 10 heavy (non-hydrogen) atoms. The minimum atomic E-state index is -0.0475. The van der Waals surface area contributed by atoms with E-state index in [1.54, 1.807) is 0 Å². The second-order valence-corrected chi connectivity index (χ2v) is 3.34. The molecule has 0 aliphatic heterocycles. The van der Waals surface area contributed by atoms with Crippen molar-refractivity contribution in [1.82, 2.24) is 14.8 Å². The maximum Gasteiger partial charge on any atom is 0.146 e. The zero-order valence-electron chi connectivity index (χ0n) is 5.32. The van der Waals surface area contributed by atoms with Crippen LogP contribution < -0.4 is 0 Å². The third kappa shape index (κ3) is 0.741. The summed E-state index contributed by atoms with van der Waals surface area (Å²) in [5.41, 5.74) is -0.0475. The fourth-order valence-corrected chi connectivity index (χ4v) is 1.61. The van der Waals surface area contributed by atoms with Crippen molar-refractivity contribution in [3.05, 3.63) is 5.01 Å². The summed E-state index contributed by atoms with van der Waals surface area (Å²) in [6.07, 6.45) is 2.06. The molecule has 1 N–H and O–H groups in total. The van der Waals surface area contributed by atoms with Crippen molar-refractivity contribution in [2.75, 3.05) is 6.61 Å². The minimum Gasteiger partial charge on any atom is -0.395 e. The number of aromatic nitrogens is 3. The molecule has 54 valence electrons. The second-order valence-electron chi connectivity index (χ2n) is 2.61. The summed E-state index contributed by atoms with van der Waals surface area (Å²) in [5.74, 6) is 0. The van der Waals surface area contributed by atoms with Gasteiger partial charge in [-0.15, -0.1) is 5.10 Å². The molecule has 0 radical (unpaired) electrons. The third-order valence-electron chi connectivity index (χ3n) is 1.91. The van der Waals surface area contributed by atoms with E-state index in [9.17, 15) is 0 Å². The van der Waals surface area contributed by atoms with Crippen LogP contribution in [0.2, 0.25) is 0 Å². The van der Waals surface area contributed by atoms with E-state index < -0.39 is 0 Å². The van der Waals surface area contributed by atoms with Gasteiger partial charge in [-0.05, 0) is 18.1 Å². The number of rotatable bonds is 2. The fourth-order valence-electron chi connectivity index (χ4n) is 0.927. The van der Waals surface area contributed by atoms with Crippen molar-refractivity contribution in [2.45, 2.75) is 18.3 Å². The number of aliphatic hydroxyl groups excluding tert-OH is 1. The molecular weight excluding hydrogens is 150 g/mol. The first-order valence-electron chi connectivity index (χ1n) is 3.14. The molecule has 1 saturated carbocycles. The predicted octanol–water partition coefficient (Wildman–Crippen LogP) is -0.0430. The van der Waals surface area contributed by atoms with Crippen molar-refractivity contribution in [2.24, 2.45) is 0 Å². The van der Waals surface area contributed by atoms with E-state index in [4.69, 9.17) is 5.11 Å². The molecule has 0 saturated heterocycles. The van der Waals surface area contributed by atoms with Crippen LogP contribution in [0.25, 0.3) is 0 Å². The molecule has 2 rings (SSSR count).